The van der Waals surface area contributed by atoms with E-state index in [1.807, 2.05) is 30.3 Å². The maximum Gasteiger partial charge on any atom is 0.253 e. The van der Waals surface area contributed by atoms with E-state index < -0.39 is 10.0 Å². The van der Waals surface area contributed by atoms with Gasteiger partial charge in [-0.3, -0.25) is 4.79 Å². The van der Waals surface area contributed by atoms with Gasteiger partial charge >= 0.3 is 0 Å². The third kappa shape index (κ3) is 5.38. The Bertz CT molecular complexity index is 807. The molecule has 0 aromatic heterocycles. The van der Waals surface area contributed by atoms with E-state index in [2.05, 4.69) is 4.72 Å². The number of nitrogens with one attached hydrogen (secondary N) is 1. The molecule has 0 aliphatic heterocycles. The summed E-state index contributed by atoms with van der Waals surface area (Å²) in [6.45, 7) is 0.894. The summed E-state index contributed by atoms with van der Waals surface area (Å²) in [7, 11) is -0.490. The van der Waals surface area contributed by atoms with Crippen LogP contribution in [0.2, 0.25) is 0 Å². The monoisotopic (exact) mass is 362 g/mol. The average Bonchev–Trinajstić information content (AvgIpc) is 2.62. The molecule has 0 saturated carbocycles. The molecule has 0 bridgehead atoms. The van der Waals surface area contributed by atoms with Crippen LogP contribution in [0.3, 0.4) is 0 Å². The van der Waals surface area contributed by atoms with E-state index in [-0.39, 0.29) is 24.0 Å². The highest BCUT2D eigenvalue weighted by Gasteiger charge is 2.17. The van der Waals surface area contributed by atoms with Gasteiger partial charge in [-0.15, -0.1) is 0 Å². The molecule has 1 N–H and O–H groups in total. The summed E-state index contributed by atoms with van der Waals surface area (Å²) in [5.74, 6) is -0.238. The minimum Gasteiger partial charge on any atom is -0.383 e. The first-order valence-corrected chi connectivity index (χ1v) is 9.30. The van der Waals surface area contributed by atoms with Crippen molar-refractivity contribution in [1.29, 1.82) is 0 Å². The fourth-order valence-electron chi connectivity index (χ4n) is 2.31. The van der Waals surface area contributed by atoms with Crippen LogP contribution < -0.4 is 4.72 Å². The van der Waals surface area contributed by atoms with Gasteiger partial charge in [-0.05, 0) is 23.8 Å². The van der Waals surface area contributed by atoms with Crippen LogP contribution in [0, 0.1) is 0 Å². The number of amides is 1. The van der Waals surface area contributed by atoms with Crippen molar-refractivity contribution in [3.63, 3.8) is 0 Å². The molecule has 25 heavy (non-hydrogen) atoms. The van der Waals surface area contributed by atoms with Crippen molar-refractivity contribution in [2.75, 3.05) is 27.3 Å². The molecule has 0 heterocycles. The Kier molecular flexibility index (Phi) is 6.69. The van der Waals surface area contributed by atoms with Gasteiger partial charge in [0.05, 0.1) is 11.5 Å². The van der Waals surface area contributed by atoms with Crippen molar-refractivity contribution in [2.24, 2.45) is 0 Å². The van der Waals surface area contributed by atoms with Crippen molar-refractivity contribution < 1.29 is 17.9 Å². The van der Waals surface area contributed by atoms with Gasteiger partial charge in [0.15, 0.2) is 0 Å². The van der Waals surface area contributed by atoms with Gasteiger partial charge in [-0.25, -0.2) is 13.1 Å². The lowest BCUT2D eigenvalue weighted by atomic mass is 10.1. The van der Waals surface area contributed by atoms with E-state index >= 15 is 0 Å². The Labute approximate surface area is 148 Å². The van der Waals surface area contributed by atoms with Gasteiger partial charge in [-0.2, -0.15) is 0 Å². The van der Waals surface area contributed by atoms with Crippen LogP contribution in [-0.2, 0) is 21.3 Å². The summed E-state index contributed by atoms with van der Waals surface area (Å²) in [5, 5.41) is 0. The van der Waals surface area contributed by atoms with Crippen molar-refractivity contribution in [2.45, 2.75) is 11.4 Å². The quantitative estimate of drug-likeness (QED) is 0.728. The van der Waals surface area contributed by atoms with Crippen LogP contribution in [0.15, 0.2) is 59.5 Å². The highest BCUT2D eigenvalue weighted by molar-refractivity contribution is 7.89. The number of rotatable bonds is 8. The molecule has 2 aromatic rings. The number of sulfonamides is 1. The molecule has 2 aromatic carbocycles. The van der Waals surface area contributed by atoms with Crippen LogP contribution in [0.5, 0.6) is 0 Å². The van der Waals surface area contributed by atoms with E-state index in [1.54, 1.807) is 24.1 Å². The van der Waals surface area contributed by atoms with E-state index in [0.717, 1.165) is 5.56 Å². The number of methoxy groups -OCH3 is 1. The van der Waals surface area contributed by atoms with Crippen LogP contribution in [0.1, 0.15) is 15.9 Å². The standard InChI is InChI=1S/C18H22N2O4S/c1-20(14-15-7-4-3-5-8-15)18(21)16-9-6-10-17(13-16)25(22,23)19-11-12-24-2/h3-10,13,19H,11-12,14H2,1-2H3. The first-order chi connectivity index (χ1) is 11.9. The van der Waals surface area contributed by atoms with E-state index in [4.69, 9.17) is 4.74 Å². The summed E-state index contributed by atoms with van der Waals surface area (Å²) in [5.41, 5.74) is 1.33. The zero-order valence-electron chi connectivity index (χ0n) is 14.3. The Hall–Kier alpha value is -2.22. The first kappa shape index (κ1) is 19.1. The fraction of sp³-hybridized carbons (Fsp3) is 0.278. The first-order valence-electron chi connectivity index (χ1n) is 7.82. The number of carbonyl (C=O) groups excluding carboxylic acids is 1. The Morgan fingerprint density at radius 3 is 2.52 bits per heavy atom. The SMILES string of the molecule is COCCNS(=O)(=O)c1cccc(C(=O)N(C)Cc2ccccc2)c1. The second-order valence-electron chi connectivity index (χ2n) is 5.57. The molecule has 0 radical (unpaired) electrons. The van der Waals surface area contributed by atoms with Crippen LogP contribution in [-0.4, -0.2) is 46.5 Å². The minimum atomic E-state index is -3.67. The maximum atomic E-state index is 12.6. The average molecular weight is 362 g/mol. The lowest BCUT2D eigenvalue weighted by Crippen LogP contribution is -2.28. The molecule has 0 spiro atoms. The molecule has 6 nitrogen and oxygen atoms in total. The third-order valence-electron chi connectivity index (χ3n) is 3.60. The molecule has 134 valence electrons. The van der Waals surface area contributed by atoms with Gasteiger partial charge in [0, 0.05) is 32.8 Å². The number of benzene rings is 2. The second-order valence-corrected chi connectivity index (χ2v) is 7.33. The summed E-state index contributed by atoms with van der Waals surface area (Å²) in [4.78, 5) is 14.2. The number of hydrogen-bond acceptors (Lipinski definition) is 4. The van der Waals surface area contributed by atoms with Crippen molar-refractivity contribution >= 4 is 15.9 Å². The lowest BCUT2D eigenvalue weighted by molar-refractivity contribution is 0.0785. The topological polar surface area (TPSA) is 75.7 Å². The Balaban J connectivity index is 2.13. The molecule has 0 atom stereocenters. The number of ether oxygens (including phenoxy) is 1. The maximum absolute atomic E-state index is 12.6. The molecule has 0 unspecified atom stereocenters. The molecule has 0 fully saturated rings. The zero-order valence-corrected chi connectivity index (χ0v) is 15.1. The molecule has 7 heteroatoms. The molecule has 1 amide bonds. The van der Waals surface area contributed by atoms with Crippen molar-refractivity contribution in [3.8, 4) is 0 Å². The molecule has 0 aliphatic carbocycles. The summed E-state index contributed by atoms with van der Waals surface area (Å²) in [6.07, 6.45) is 0. The van der Waals surface area contributed by atoms with E-state index in [0.29, 0.717) is 12.1 Å². The largest absolute Gasteiger partial charge is 0.383 e. The summed E-state index contributed by atoms with van der Waals surface area (Å²) >= 11 is 0. The smallest absolute Gasteiger partial charge is 0.253 e. The van der Waals surface area contributed by atoms with Crippen molar-refractivity contribution in [3.05, 3.63) is 65.7 Å². The molecular formula is C18H22N2O4S. The predicted octanol–water partition coefficient (Wildman–Crippen LogP) is 1.88. The lowest BCUT2D eigenvalue weighted by Gasteiger charge is -2.18. The second kappa shape index (κ2) is 8.75. The molecule has 0 saturated heterocycles. The molecule has 2 rings (SSSR count). The number of hydrogen-bond donors (Lipinski definition) is 1. The molecule has 0 aliphatic rings. The normalized spacial score (nSPS) is 11.3. The number of nitrogens with zero attached hydrogens (tertiary/aromatic N) is 1. The summed E-state index contributed by atoms with van der Waals surface area (Å²) < 4.78 is 31.8. The summed E-state index contributed by atoms with van der Waals surface area (Å²) in [6, 6.07) is 15.6. The third-order valence-corrected chi connectivity index (χ3v) is 5.06. The van der Waals surface area contributed by atoms with Crippen LogP contribution in [0.4, 0.5) is 0 Å². The molecular weight excluding hydrogens is 340 g/mol. The van der Waals surface area contributed by atoms with Gasteiger partial charge in [0.2, 0.25) is 10.0 Å². The van der Waals surface area contributed by atoms with Gasteiger partial charge < -0.3 is 9.64 Å². The van der Waals surface area contributed by atoms with Gasteiger partial charge in [0.25, 0.3) is 5.91 Å². The zero-order chi connectivity index (χ0) is 18.3. The van der Waals surface area contributed by atoms with Gasteiger partial charge in [0.1, 0.15) is 0 Å². The Morgan fingerprint density at radius 1 is 1.12 bits per heavy atom. The highest BCUT2D eigenvalue weighted by Crippen LogP contribution is 2.14. The fourth-order valence-corrected chi connectivity index (χ4v) is 3.37. The van der Waals surface area contributed by atoms with Crippen LogP contribution in [0.25, 0.3) is 0 Å². The minimum absolute atomic E-state index is 0.0579. The highest BCUT2D eigenvalue weighted by atomic mass is 32.2. The Morgan fingerprint density at radius 2 is 1.84 bits per heavy atom. The van der Waals surface area contributed by atoms with Crippen LogP contribution >= 0.6 is 0 Å². The van der Waals surface area contributed by atoms with Gasteiger partial charge in [-0.1, -0.05) is 36.4 Å². The van der Waals surface area contributed by atoms with Crippen molar-refractivity contribution in [1.82, 2.24) is 9.62 Å². The number of carbonyl (C=O) groups is 1. The predicted molar refractivity (Wildman–Crippen MR) is 95.7 cm³/mol. The van der Waals surface area contributed by atoms with E-state index in [1.165, 1.54) is 19.2 Å². The van der Waals surface area contributed by atoms with E-state index in [9.17, 15) is 13.2 Å².